The van der Waals surface area contributed by atoms with E-state index in [1.165, 1.54) is 44.9 Å². The number of hydrogen-bond donors (Lipinski definition) is 4. The third-order valence-electron chi connectivity index (χ3n) is 11.2. The van der Waals surface area contributed by atoms with Gasteiger partial charge < -0.3 is 31.0 Å². The standard InChI is InChI=1S/C33H60BN5O4/c1-22(2)19-28(34-42-27-21-24-20-26(32(24,3)4)33(27,5)43-34)39-30(41)25(16-12-18-37-31(35)36-6)38-29(40)17-11-10-15-23-13-8-7-9-14-23/h22-28H,7-21H2,1-6H3,(H,38,40)(H,39,41)(H3,35,36,37)/t24-,25-,26-,27+,28-,33-/m0/s1. The second-order valence-electron chi connectivity index (χ2n) is 15.1. The van der Waals surface area contributed by atoms with Crippen LogP contribution in [0.25, 0.3) is 0 Å². The van der Waals surface area contributed by atoms with Crippen LogP contribution in [-0.4, -0.2) is 62.2 Å². The largest absolute Gasteiger partial charge is 0.481 e. The summed E-state index contributed by atoms with van der Waals surface area (Å²) < 4.78 is 13.3. The number of nitrogens with one attached hydrogen (secondary N) is 3. The van der Waals surface area contributed by atoms with Gasteiger partial charge in [-0.1, -0.05) is 72.6 Å². The first-order valence-electron chi connectivity index (χ1n) is 17.3. The SMILES string of the molecule is CN=C(N)NCCC[C@H](NC(=O)CCCCC1CCCCC1)C(=O)N[C@@H](CC(C)C)B1O[C@@H]2C[C@@H]3C[C@@H](C3(C)C)[C@]2(C)O1. The van der Waals surface area contributed by atoms with Crippen molar-refractivity contribution in [1.29, 1.82) is 0 Å². The van der Waals surface area contributed by atoms with Gasteiger partial charge in [0, 0.05) is 20.0 Å². The first kappa shape index (κ1) is 34.1. The molecule has 5 N–H and O–H groups in total. The van der Waals surface area contributed by atoms with Crippen molar-refractivity contribution >= 4 is 24.9 Å². The van der Waals surface area contributed by atoms with Gasteiger partial charge >= 0.3 is 7.12 Å². The van der Waals surface area contributed by atoms with E-state index in [2.05, 4.69) is 55.6 Å². The molecular formula is C33H60BN5O4. The monoisotopic (exact) mass is 601 g/mol. The molecule has 1 heterocycles. The van der Waals surface area contributed by atoms with Gasteiger partial charge in [0.25, 0.3) is 0 Å². The zero-order valence-corrected chi connectivity index (χ0v) is 27.9. The molecule has 0 unspecified atom stereocenters. The van der Waals surface area contributed by atoms with E-state index in [9.17, 15) is 9.59 Å². The molecule has 5 rings (SSSR count). The first-order valence-corrected chi connectivity index (χ1v) is 17.3. The van der Waals surface area contributed by atoms with Gasteiger partial charge in [0.15, 0.2) is 5.96 Å². The van der Waals surface area contributed by atoms with Crippen LogP contribution in [-0.2, 0) is 18.9 Å². The maximum absolute atomic E-state index is 13.8. The number of guanidine groups is 1. The van der Waals surface area contributed by atoms with E-state index < -0.39 is 13.2 Å². The number of hydrogen-bond acceptors (Lipinski definition) is 5. The topological polar surface area (TPSA) is 127 Å². The average Bonchev–Trinajstić information content (AvgIpc) is 3.33. The minimum Gasteiger partial charge on any atom is -0.404 e. The molecule has 9 nitrogen and oxygen atoms in total. The van der Waals surface area contributed by atoms with Crippen molar-refractivity contribution in [3.8, 4) is 0 Å². The lowest BCUT2D eigenvalue weighted by atomic mass is 9.43. The van der Waals surface area contributed by atoms with Crippen molar-refractivity contribution in [1.82, 2.24) is 16.0 Å². The lowest BCUT2D eigenvalue weighted by molar-refractivity contribution is -0.199. The predicted octanol–water partition coefficient (Wildman–Crippen LogP) is 4.72. The van der Waals surface area contributed by atoms with Crippen LogP contribution in [0.3, 0.4) is 0 Å². The molecule has 0 aromatic rings. The highest BCUT2D eigenvalue weighted by molar-refractivity contribution is 6.48. The summed E-state index contributed by atoms with van der Waals surface area (Å²) in [5.74, 6) is 2.15. The molecule has 5 fully saturated rings. The quantitative estimate of drug-likeness (QED) is 0.0931. The summed E-state index contributed by atoms with van der Waals surface area (Å²) >= 11 is 0. The molecule has 2 amide bonds. The zero-order valence-electron chi connectivity index (χ0n) is 27.9. The van der Waals surface area contributed by atoms with E-state index in [-0.39, 0.29) is 34.9 Å². The number of unbranched alkanes of at least 4 members (excludes halogenated alkanes) is 1. The Hall–Kier alpha value is -1.81. The minimum atomic E-state index is -0.631. The van der Waals surface area contributed by atoms with Crippen molar-refractivity contribution < 1.29 is 18.9 Å². The molecule has 0 aromatic carbocycles. The summed E-state index contributed by atoms with van der Waals surface area (Å²) in [6.45, 7) is 11.8. The Bertz CT molecular complexity index is 971. The number of carbonyl (C=O) groups is 2. The molecule has 4 aliphatic carbocycles. The van der Waals surface area contributed by atoms with Crippen LogP contribution in [0.5, 0.6) is 0 Å². The van der Waals surface area contributed by atoms with Crippen LogP contribution >= 0.6 is 0 Å². The molecule has 0 aromatic heterocycles. The van der Waals surface area contributed by atoms with Crippen molar-refractivity contribution in [2.24, 2.45) is 39.8 Å². The molecule has 10 heteroatoms. The summed E-state index contributed by atoms with van der Waals surface area (Å²) in [4.78, 5) is 30.8. The zero-order chi connectivity index (χ0) is 31.2. The molecule has 43 heavy (non-hydrogen) atoms. The van der Waals surface area contributed by atoms with Crippen LogP contribution in [0.2, 0.25) is 0 Å². The van der Waals surface area contributed by atoms with Crippen LogP contribution in [0, 0.1) is 29.1 Å². The van der Waals surface area contributed by atoms with E-state index in [1.807, 2.05) is 0 Å². The fraction of sp³-hybridized carbons (Fsp3) is 0.909. The van der Waals surface area contributed by atoms with E-state index >= 15 is 0 Å². The third kappa shape index (κ3) is 8.47. The van der Waals surface area contributed by atoms with Crippen molar-refractivity contribution in [2.75, 3.05) is 13.6 Å². The second kappa shape index (κ2) is 15.0. The summed E-state index contributed by atoms with van der Waals surface area (Å²) in [6, 6.07) is -0.631. The van der Waals surface area contributed by atoms with Crippen molar-refractivity contribution in [2.45, 2.75) is 148 Å². The van der Waals surface area contributed by atoms with Gasteiger partial charge in [0.2, 0.25) is 11.8 Å². The second-order valence-corrected chi connectivity index (χ2v) is 15.1. The van der Waals surface area contributed by atoms with Crippen molar-refractivity contribution in [3.63, 3.8) is 0 Å². The average molecular weight is 602 g/mol. The lowest BCUT2D eigenvalue weighted by Crippen LogP contribution is -2.65. The highest BCUT2D eigenvalue weighted by Crippen LogP contribution is 2.65. The van der Waals surface area contributed by atoms with Gasteiger partial charge in [-0.2, -0.15) is 0 Å². The third-order valence-corrected chi connectivity index (χ3v) is 11.2. The molecule has 1 saturated heterocycles. The molecule has 0 radical (unpaired) electrons. The van der Waals surface area contributed by atoms with E-state index in [1.54, 1.807) is 7.05 Å². The number of carbonyl (C=O) groups excluding carboxylic acids is 2. The summed E-state index contributed by atoms with van der Waals surface area (Å²) in [5.41, 5.74) is 5.71. The number of nitrogens with zero attached hydrogens (tertiary/aromatic N) is 1. The Balaban J connectivity index is 1.35. The number of amides is 2. The van der Waals surface area contributed by atoms with Gasteiger partial charge in [0.05, 0.1) is 17.6 Å². The Labute approximate surface area is 261 Å². The highest BCUT2D eigenvalue weighted by Gasteiger charge is 2.68. The number of rotatable bonds is 15. The predicted molar refractivity (Wildman–Crippen MR) is 173 cm³/mol. The lowest BCUT2D eigenvalue weighted by Gasteiger charge is -2.64. The van der Waals surface area contributed by atoms with Gasteiger partial charge in [-0.05, 0) is 74.5 Å². The fourth-order valence-electron chi connectivity index (χ4n) is 8.43. The van der Waals surface area contributed by atoms with Crippen molar-refractivity contribution in [3.05, 3.63) is 0 Å². The smallest absolute Gasteiger partial charge is 0.404 e. The maximum Gasteiger partial charge on any atom is 0.481 e. The van der Waals surface area contributed by atoms with Crippen LogP contribution in [0.4, 0.5) is 0 Å². The number of aliphatic imine (C=N–C) groups is 1. The summed E-state index contributed by atoms with van der Waals surface area (Å²) in [6.07, 6.45) is 14.5. The molecular weight excluding hydrogens is 541 g/mol. The highest BCUT2D eigenvalue weighted by atomic mass is 16.7. The summed E-state index contributed by atoms with van der Waals surface area (Å²) in [5, 5.41) is 9.39. The Morgan fingerprint density at radius 3 is 2.47 bits per heavy atom. The molecule has 5 aliphatic rings. The minimum absolute atomic E-state index is 0.0549. The maximum atomic E-state index is 13.8. The van der Waals surface area contributed by atoms with E-state index in [0.717, 1.165) is 31.6 Å². The normalized spacial score (nSPS) is 29.9. The van der Waals surface area contributed by atoms with Gasteiger partial charge in [0.1, 0.15) is 6.04 Å². The van der Waals surface area contributed by atoms with Crippen LogP contribution < -0.4 is 21.7 Å². The molecule has 244 valence electrons. The number of nitrogens with two attached hydrogens (primary N) is 1. The van der Waals surface area contributed by atoms with E-state index in [4.69, 9.17) is 15.0 Å². The summed E-state index contributed by atoms with van der Waals surface area (Å²) in [7, 11) is 1.14. The molecule has 2 bridgehead atoms. The van der Waals surface area contributed by atoms with Crippen LogP contribution in [0.15, 0.2) is 4.99 Å². The molecule has 6 atom stereocenters. The van der Waals surface area contributed by atoms with Gasteiger partial charge in [-0.3, -0.25) is 14.6 Å². The molecule has 4 saturated carbocycles. The molecule has 1 aliphatic heterocycles. The molecule has 0 spiro atoms. The Morgan fingerprint density at radius 2 is 1.79 bits per heavy atom. The van der Waals surface area contributed by atoms with Crippen LogP contribution in [0.1, 0.15) is 125 Å². The first-order chi connectivity index (χ1) is 20.4. The van der Waals surface area contributed by atoms with E-state index in [0.29, 0.717) is 49.5 Å². The fourth-order valence-corrected chi connectivity index (χ4v) is 8.43. The van der Waals surface area contributed by atoms with Gasteiger partial charge in [-0.25, -0.2) is 0 Å². The van der Waals surface area contributed by atoms with Gasteiger partial charge in [-0.15, -0.1) is 0 Å². The Kier molecular flexibility index (Phi) is 11.9. The Morgan fingerprint density at radius 1 is 1.05 bits per heavy atom.